The van der Waals surface area contributed by atoms with Crippen LogP contribution in [0.2, 0.25) is 0 Å². The molecule has 0 radical (unpaired) electrons. The molecule has 0 aromatic heterocycles. The van der Waals surface area contributed by atoms with Crippen LogP contribution < -0.4 is 0 Å². The van der Waals surface area contributed by atoms with Crippen molar-refractivity contribution >= 4 is 44.2 Å². The van der Waals surface area contributed by atoms with Gasteiger partial charge >= 0.3 is 12.0 Å². The van der Waals surface area contributed by atoms with E-state index in [-0.39, 0.29) is 5.75 Å². The number of hydrogen-bond donors (Lipinski definition) is 0. The Hall–Kier alpha value is -2.34. The Bertz CT molecular complexity index is 894. The van der Waals surface area contributed by atoms with Gasteiger partial charge in [-0.1, -0.05) is 60.3 Å². The standard InChI is InChI=1S/C18H11F3O2S/c19-18(20,21)16(22)17(23)24-10-15-13-7-3-1-5-11(13)9-12-6-2-4-8-14(12)15/h1-9H,10H2. The lowest BCUT2D eigenvalue weighted by atomic mass is 9.98. The van der Waals surface area contributed by atoms with Crippen molar-refractivity contribution in [2.24, 2.45) is 0 Å². The topological polar surface area (TPSA) is 34.1 Å². The highest BCUT2D eigenvalue weighted by Gasteiger charge is 2.43. The number of ketones is 1. The van der Waals surface area contributed by atoms with E-state index in [1.165, 1.54) is 0 Å². The molecule has 6 heteroatoms. The van der Waals surface area contributed by atoms with Gasteiger partial charge in [0.2, 0.25) is 0 Å². The maximum atomic E-state index is 12.3. The van der Waals surface area contributed by atoms with Crippen LogP contribution in [0.25, 0.3) is 21.5 Å². The molecule has 0 atom stereocenters. The molecule has 0 aliphatic rings. The van der Waals surface area contributed by atoms with E-state index < -0.39 is 17.1 Å². The summed E-state index contributed by atoms with van der Waals surface area (Å²) in [5.74, 6) is -2.32. The van der Waals surface area contributed by atoms with Crippen molar-refractivity contribution in [3.05, 3.63) is 60.2 Å². The van der Waals surface area contributed by atoms with E-state index >= 15 is 0 Å². The zero-order valence-electron chi connectivity index (χ0n) is 12.3. The molecule has 0 N–H and O–H groups in total. The molecule has 0 aliphatic heterocycles. The van der Waals surface area contributed by atoms with Crippen molar-refractivity contribution in [2.75, 3.05) is 0 Å². The van der Waals surface area contributed by atoms with Gasteiger partial charge in [0.1, 0.15) is 0 Å². The Balaban J connectivity index is 2.01. The first-order valence-corrected chi connectivity index (χ1v) is 8.04. The highest BCUT2D eigenvalue weighted by atomic mass is 32.2. The second-order valence-electron chi connectivity index (χ2n) is 5.20. The summed E-state index contributed by atoms with van der Waals surface area (Å²) in [6.45, 7) is 0. The van der Waals surface area contributed by atoms with E-state index in [0.29, 0.717) is 11.8 Å². The number of rotatable bonds is 3. The highest BCUT2D eigenvalue weighted by molar-refractivity contribution is 8.14. The Labute approximate surface area is 139 Å². The summed E-state index contributed by atoms with van der Waals surface area (Å²) in [5, 5.41) is 2.09. The number of carbonyl (C=O) groups is 2. The van der Waals surface area contributed by atoms with Crippen LogP contribution in [0, 0.1) is 0 Å². The molecule has 0 saturated heterocycles. The van der Waals surface area contributed by atoms with Gasteiger partial charge in [-0.15, -0.1) is 0 Å². The van der Waals surface area contributed by atoms with Crippen molar-refractivity contribution in [3.63, 3.8) is 0 Å². The van der Waals surface area contributed by atoms with Gasteiger partial charge in [0.15, 0.2) is 0 Å². The lowest BCUT2D eigenvalue weighted by Gasteiger charge is -2.11. The Morgan fingerprint density at radius 1 is 0.875 bits per heavy atom. The first kappa shape index (κ1) is 16.5. The minimum Gasteiger partial charge on any atom is -0.280 e. The van der Waals surface area contributed by atoms with Crippen LogP contribution in [0.1, 0.15) is 5.56 Å². The third-order valence-electron chi connectivity index (χ3n) is 3.67. The molecular weight excluding hydrogens is 337 g/mol. The van der Waals surface area contributed by atoms with Crippen molar-refractivity contribution in [1.29, 1.82) is 0 Å². The van der Waals surface area contributed by atoms with Crippen molar-refractivity contribution < 1.29 is 22.8 Å². The average Bonchev–Trinajstić information content (AvgIpc) is 2.56. The molecule has 0 bridgehead atoms. The number of hydrogen-bond acceptors (Lipinski definition) is 3. The van der Waals surface area contributed by atoms with E-state index in [1.54, 1.807) is 0 Å². The Morgan fingerprint density at radius 2 is 1.38 bits per heavy atom. The number of fused-ring (bicyclic) bond motifs is 2. The molecule has 0 saturated carbocycles. The first-order chi connectivity index (χ1) is 11.4. The lowest BCUT2D eigenvalue weighted by Crippen LogP contribution is -2.28. The second-order valence-corrected chi connectivity index (χ2v) is 6.15. The maximum Gasteiger partial charge on any atom is 0.458 e. The minimum atomic E-state index is -5.13. The third kappa shape index (κ3) is 3.14. The van der Waals surface area contributed by atoms with E-state index in [1.807, 2.05) is 54.6 Å². The fourth-order valence-electron chi connectivity index (χ4n) is 2.58. The molecule has 0 spiro atoms. The van der Waals surface area contributed by atoms with E-state index in [4.69, 9.17) is 0 Å². The molecular formula is C18H11F3O2S. The van der Waals surface area contributed by atoms with Crippen LogP contribution in [0.3, 0.4) is 0 Å². The largest absolute Gasteiger partial charge is 0.458 e. The number of alkyl halides is 3. The predicted molar refractivity (Wildman–Crippen MR) is 88.8 cm³/mol. The molecule has 0 heterocycles. The van der Waals surface area contributed by atoms with Gasteiger partial charge in [-0.05, 0) is 33.2 Å². The number of thioether (sulfide) groups is 1. The van der Waals surface area contributed by atoms with Crippen molar-refractivity contribution in [1.82, 2.24) is 0 Å². The van der Waals surface area contributed by atoms with Gasteiger partial charge in [0, 0.05) is 5.75 Å². The van der Waals surface area contributed by atoms with Gasteiger partial charge in [-0.2, -0.15) is 13.2 Å². The fraction of sp³-hybridized carbons (Fsp3) is 0.111. The summed E-state index contributed by atoms with van der Waals surface area (Å²) >= 11 is 0.386. The van der Waals surface area contributed by atoms with Crippen molar-refractivity contribution in [3.8, 4) is 0 Å². The average molecular weight is 348 g/mol. The minimum absolute atomic E-state index is 0.00250. The van der Waals surface area contributed by atoms with Gasteiger partial charge in [-0.3, -0.25) is 9.59 Å². The molecule has 3 aromatic carbocycles. The highest BCUT2D eigenvalue weighted by Crippen LogP contribution is 2.32. The first-order valence-electron chi connectivity index (χ1n) is 7.05. The fourth-order valence-corrected chi connectivity index (χ4v) is 3.42. The molecule has 0 aliphatic carbocycles. The van der Waals surface area contributed by atoms with Crippen LogP contribution in [-0.2, 0) is 15.3 Å². The molecule has 0 amide bonds. The number of carbonyl (C=O) groups excluding carboxylic acids is 2. The van der Waals surface area contributed by atoms with E-state index in [2.05, 4.69) is 0 Å². The van der Waals surface area contributed by atoms with Gasteiger partial charge in [0.25, 0.3) is 5.12 Å². The zero-order chi connectivity index (χ0) is 17.3. The van der Waals surface area contributed by atoms with Gasteiger partial charge < -0.3 is 0 Å². The maximum absolute atomic E-state index is 12.3. The van der Waals surface area contributed by atoms with E-state index in [0.717, 1.165) is 27.1 Å². The van der Waals surface area contributed by atoms with Crippen LogP contribution in [-0.4, -0.2) is 17.1 Å². The summed E-state index contributed by atoms with van der Waals surface area (Å²) in [6, 6.07) is 16.9. The van der Waals surface area contributed by atoms with Crippen LogP contribution in [0.5, 0.6) is 0 Å². The number of benzene rings is 3. The smallest absolute Gasteiger partial charge is 0.280 e. The summed E-state index contributed by atoms with van der Waals surface area (Å²) in [6.07, 6.45) is -5.13. The van der Waals surface area contributed by atoms with Crippen molar-refractivity contribution in [2.45, 2.75) is 11.9 Å². The summed E-state index contributed by atoms with van der Waals surface area (Å²) in [4.78, 5) is 22.5. The molecule has 122 valence electrons. The molecule has 2 nitrogen and oxygen atoms in total. The Kier molecular flexibility index (Phi) is 4.32. The molecule has 0 unspecified atom stereocenters. The summed E-state index contributed by atoms with van der Waals surface area (Å²) in [7, 11) is 0. The monoisotopic (exact) mass is 348 g/mol. The lowest BCUT2D eigenvalue weighted by molar-refractivity contribution is -0.172. The third-order valence-corrected chi connectivity index (χ3v) is 4.55. The van der Waals surface area contributed by atoms with Gasteiger partial charge in [0.05, 0.1) is 0 Å². The predicted octanol–water partition coefficient (Wildman–Crippen LogP) is 4.88. The summed E-state index contributed by atoms with van der Waals surface area (Å²) < 4.78 is 37.0. The van der Waals surface area contributed by atoms with Crippen LogP contribution in [0.4, 0.5) is 13.2 Å². The SMILES string of the molecule is O=C(SCc1c2ccccc2cc2ccccc12)C(=O)C(F)(F)F. The number of Topliss-reactive ketones (excluding diaryl/α,β-unsaturated/α-hetero) is 1. The molecule has 0 fully saturated rings. The zero-order valence-corrected chi connectivity index (χ0v) is 13.1. The molecule has 24 heavy (non-hydrogen) atoms. The molecule has 3 rings (SSSR count). The quantitative estimate of drug-likeness (QED) is 0.499. The van der Waals surface area contributed by atoms with Crippen LogP contribution in [0.15, 0.2) is 54.6 Å². The van der Waals surface area contributed by atoms with E-state index in [9.17, 15) is 22.8 Å². The van der Waals surface area contributed by atoms with Crippen LogP contribution >= 0.6 is 11.8 Å². The second kappa shape index (κ2) is 6.28. The van der Waals surface area contributed by atoms with Gasteiger partial charge in [-0.25, -0.2) is 0 Å². The Morgan fingerprint density at radius 3 is 1.88 bits per heavy atom. The molecule has 3 aromatic rings. The number of halogens is 3. The summed E-state index contributed by atoms with van der Waals surface area (Å²) in [5.41, 5.74) is 0.747. The normalized spacial score (nSPS) is 11.8.